The van der Waals surface area contributed by atoms with Crippen molar-refractivity contribution in [2.45, 2.75) is 57.6 Å². The van der Waals surface area contributed by atoms with Crippen molar-refractivity contribution in [2.24, 2.45) is 0 Å². The van der Waals surface area contributed by atoms with Gasteiger partial charge in [-0.2, -0.15) is 0 Å². The van der Waals surface area contributed by atoms with Crippen LogP contribution in [0, 0.1) is 6.92 Å². The molecule has 4 rings (SSSR count). The van der Waals surface area contributed by atoms with Crippen LogP contribution in [0.3, 0.4) is 0 Å². The number of amides is 2. The number of anilines is 1. The maximum absolute atomic E-state index is 14.1. The second kappa shape index (κ2) is 15.1. The average Bonchev–Trinajstić information content (AvgIpc) is 3.04. The zero-order valence-corrected chi connectivity index (χ0v) is 27.4. The Kier molecular flexibility index (Phi) is 11.3. The van der Waals surface area contributed by atoms with Gasteiger partial charge in [-0.05, 0) is 93.4 Å². The van der Waals surface area contributed by atoms with E-state index in [1.807, 2.05) is 51.1 Å². The minimum Gasteiger partial charge on any atom is -0.457 e. The number of hydrogen-bond donors (Lipinski definition) is 1. The third-order valence-corrected chi connectivity index (χ3v) is 9.47. The van der Waals surface area contributed by atoms with Crippen LogP contribution in [0.2, 0.25) is 5.02 Å². The number of sulfonamides is 1. The first-order valence-electron chi connectivity index (χ1n) is 14.7. The quantitative estimate of drug-likeness (QED) is 0.169. The van der Waals surface area contributed by atoms with E-state index in [2.05, 4.69) is 5.32 Å². The summed E-state index contributed by atoms with van der Waals surface area (Å²) in [5, 5.41) is 3.47. The van der Waals surface area contributed by atoms with Gasteiger partial charge < -0.3 is 15.0 Å². The van der Waals surface area contributed by atoms with Crippen molar-refractivity contribution >= 4 is 39.1 Å². The second-order valence-electron chi connectivity index (χ2n) is 10.9. The van der Waals surface area contributed by atoms with Gasteiger partial charge in [0.15, 0.2) is 0 Å². The van der Waals surface area contributed by atoms with Gasteiger partial charge >= 0.3 is 0 Å². The molecule has 0 unspecified atom stereocenters. The van der Waals surface area contributed by atoms with Gasteiger partial charge in [0.25, 0.3) is 10.0 Å². The molecule has 0 radical (unpaired) electrons. The molecule has 1 N–H and O–H groups in total. The fourth-order valence-electron chi connectivity index (χ4n) is 4.51. The lowest BCUT2D eigenvalue weighted by Gasteiger charge is -2.32. The average molecular weight is 648 g/mol. The second-order valence-corrected chi connectivity index (χ2v) is 13.2. The topological polar surface area (TPSA) is 96.0 Å². The van der Waals surface area contributed by atoms with Crippen molar-refractivity contribution in [3.05, 3.63) is 119 Å². The van der Waals surface area contributed by atoms with Crippen LogP contribution in [0.1, 0.15) is 38.3 Å². The molecule has 0 heterocycles. The van der Waals surface area contributed by atoms with E-state index < -0.39 is 28.5 Å². The molecule has 0 spiro atoms. The van der Waals surface area contributed by atoms with E-state index in [1.165, 1.54) is 17.0 Å². The fraction of sp³-hybridized carbons (Fsp3) is 0.257. The Labute approximate surface area is 270 Å². The fourth-order valence-corrected chi connectivity index (χ4v) is 6.05. The Balaban J connectivity index is 1.70. The Morgan fingerprint density at radius 1 is 0.844 bits per heavy atom. The minimum atomic E-state index is -4.19. The Hall–Kier alpha value is -4.34. The lowest BCUT2D eigenvalue weighted by atomic mass is 10.1. The van der Waals surface area contributed by atoms with Crippen LogP contribution in [0.4, 0.5) is 5.69 Å². The highest BCUT2D eigenvalue weighted by molar-refractivity contribution is 7.92. The summed E-state index contributed by atoms with van der Waals surface area (Å²) in [7, 11) is -4.19. The molecule has 0 saturated heterocycles. The standard InChI is InChI=1S/C35H38ClN3O5S/c1-5-26(3)37-35(41)27(4)38(23-28-13-15-29(36)16-14-28)34(40)24-39(45(42,43)33-21-11-25(2)12-22-33)30-17-19-32(20-18-30)44-31-9-7-6-8-10-31/h6-22,26-27H,5,23-24H2,1-4H3,(H,37,41)/t26-,27+/m1/s1. The third kappa shape index (κ3) is 8.86. The van der Waals surface area contributed by atoms with E-state index in [0.29, 0.717) is 16.5 Å². The van der Waals surface area contributed by atoms with Crippen molar-refractivity contribution in [1.82, 2.24) is 10.2 Å². The summed E-state index contributed by atoms with van der Waals surface area (Å²) in [6, 6.07) is 28.1. The first-order chi connectivity index (χ1) is 21.5. The maximum Gasteiger partial charge on any atom is 0.264 e. The highest BCUT2D eigenvalue weighted by Gasteiger charge is 2.33. The maximum atomic E-state index is 14.1. The van der Waals surface area contributed by atoms with Crippen LogP contribution in [0.25, 0.3) is 0 Å². The molecule has 0 aliphatic rings. The van der Waals surface area contributed by atoms with Crippen molar-refractivity contribution in [2.75, 3.05) is 10.8 Å². The zero-order valence-electron chi connectivity index (χ0n) is 25.8. The summed E-state index contributed by atoms with van der Waals surface area (Å²) in [4.78, 5) is 28.8. The SMILES string of the molecule is CC[C@@H](C)NC(=O)[C@H](C)N(Cc1ccc(Cl)cc1)C(=O)CN(c1ccc(Oc2ccccc2)cc1)S(=O)(=O)c1ccc(C)cc1. The Morgan fingerprint density at radius 3 is 2.04 bits per heavy atom. The monoisotopic (exact) mass is 647 g/mol. The Bertz CT molecular complexity index is 1680. The van der Waals surface area contributed by atoms with E-state index in [9.17, 15) is 18.0 Å². The van der Waals surface area contributed by atoms with E-state index in [0.717, 1.165) is 21.9 Å². The van der Waals surface area contributed by atoms with Gasteiger partial charge in [-0.3, -0.25) is 13.9 Å². The smallest absolute Gasteiger partial charge is 0.264 e. The van der Waals surface area contributed by atoms with Crippen molar-refractivity contribution in [1.29, 1.82) is 0 Å². The molecule has 10 heteroatoms. The molecule has 0 aliphatic heterocycles. The van der Waals surface area contributed by atoms with Crippen molar-refractivity contribution < 1.29 is 22.7 Å². The molecule has 2 amide bonds. The molecule has 236 valence electrons. The number of benzene rings is 4. The lowest BCUT2D eigenvalue weighted by molar-refractivity contribution is -0.139. The van der Waals surface area contributed by atoms with Crippen LogP contribution in [0.5, 0.6) is 11.5 Å². The molecule has 0 fully saturated rings. The van der Waals surface area contributed by atoms with Crippen LogP contribution >= 0.6 is 11.6 Å². The number of hydrogen-bond acceptors (Lipinski definition) is 5. The molecule has 0 saturated carbocycles. The number of para-hydroxylation sites is 1. The molecule has 4 aromatic carbocycles. The number of carbonyl (C=O) groups excluding carboxylic acids is 2. The molecule has 2 atom stereocenters. The van der Waals surface area contributed by atoms with Gasteiger partial charge in [-0.1, -0.05) is 66.6 Å². The summed E-state index contributed by atoms with van der Waals surface area (Å²) in [5.41, 5.74) is 1.91. The number of nitrogens with one attached hydrogen (secondary N) is 1. The van der Waals surface area contributed by atoms with E-state index >= 15 is 0 Å². The lowest BCUT2D eigenvalue weighted by Crippen LogP contribution is -2.52. The molecular formula is C35H38ClN3O5S. The van der Waals surface area contributed by atoms with Crippen LogP contribution < -0.4 is 14.4 Å². The predicted molar refractivity (Wildman–Crippen MR) is 178 cm³/mol. The zero-order chi connectivity index (χ0) is 32.6. The largest absolute Gasteiger partial charge is 0.457 e. The minimum absolute atomic E-state index is 0.0392. The van der Waals surface area contributed by atoms with Gasteiger partial charge in [-0.25, -0.2) is 8.42 Å². The number of carbonyl (C=O) groups is 2. The molecule has 8 nitrogen and oxygen atoms in total. The van der Waals surface area contributed by atoms with Gasteiger partial charge in [0, 0.05) is 17.6 Å². The van der Waals surface area contributed by atoms with Crippen LogP contribution in [-0.2, 0) is 26.2 Å². The summed E-state index contributed by atoms with van der Waals surface area (Å²) in [6.07, 6.45) is 0.718. The third-order valence-electron chi connectivity index (χ3n) is 7.43. The van der Waals surface area contributed by atoms with Gasteiger partial charge in [0.1, 0.15) is 24.1 Å². The molecular weight excluding hydrogens is 610 g/mol. The Morgan fingerprint density at radius 2 is 1.44 bits per heavy atom. The normalized spacial score (nSPS) is 12.6. The molecule has 45 heavy (non-hydrogen) atoms. The van der Waals surface area contributed by atoms with E-state index in [-0.39, 0.29) is 29.1 Å². The van der Waals surface area contributed by atoms with E-state index in [1.54, 1.807) is 67.6 Å². The highest BCUT2D eigenvalue weighted by Crippen LogP contribution is 2.29. The first-order valence-corrected chi connectivity index (χ1v) is 16.6. The predicted octanol–water partition coefficient (Wildman–Crippen LogP) is 6.97. The van der Waals surface area contributed by atoms with Crippen LogP contribution in [-0.4, -0.2) is 43.8 Å². The number of rotatable bonds is 13. The number of aryl methyl sites for hydroxylation is 1. The number of ether oxygens (including phenoxy) is 1. The summed E-state index contributed by atoms with van der Waals surface area (Å²) in [6.45, 7) is 6.88. The van der Waals surface area contributed by atoms with E-state index in [4.69, 9.17) is 16.3 Å². The first kappa shape index (κ1) is 33.6. The van der Waals surface area contributed by atoms with Gasteiger partial charge in [-0.15, -0.1) is 0 Å². The summed E-state index contributed by atoms with van der Waals surface area (Å²) >= 11 is 6.08. The van der Waals surface area contributed by atoms with Crippen molar-refractivity contribution in [3.8, 4) is 11.5 Å². The van der Waals surface area contributed by atoms with Crippen molar-refractivity contribution in [3.63, 3.8) is 0 Å². The summed E-state index contributed by atoms with van der Waals surface area (Å²) in [5.74, 6) is 0.259. The molecule has 4 aromatic rings. The highest BCUT2D eigenvalue weighted by atomic mass is 35.5. The van der Waals surface area contributed by atoms with Crippen LogP contribution in [0.15, 0.2) is 108 Å². The molecule has 0 bridgehead atoms. The van der Waals surface area contributed by atoms with Gasteiger partial charge in [0.05, 0.1) is 10.6 Å². The summed E-state index contributed by atoms with van der Waals surface area (Å²) < 4.78 is 35.1. The molecule has 0 aromatic heterocycles. The van der Waals surface area contributed by atoms with Gasteiger partial charge in [0.2, 0.25) is 11.8 Å². The number of halogens is 1. The molecule has 0 aliphatic carbocycles. The number of nitrogens with zero attached hydrogens (tertiary/aromatic N) is 2.